The smallest absolute Gasteiger partial charge is 0.254 e. The number of carbonyl (C=O) groups excluding carboxylic acids is 2. The fraction of sp³-hybridized carbons (Fsp3) is 0.300. The van der Waals surface area contributed by atoms with Gasteiger partial charge in [-0.05, 0) is 47.2 Å². The monoisotopic (exact) mass is 480 g/mol. The molecule has 0 spiro atoms. The average molecular weight is 481 g/mol. The summed E-state index contributed by atoms with van der Waals surface area (Å²) >= 11 is 0. The molecule has 3 aromatic rings. The lowest BCUT2D eigenvalue weighted by Crippen LogP contribution is -2.53. The summed E-state index contributed by atoms with van der Waals surface area (Å²) in [5.74, 6) is 0.281. The summed E-state index contributed by atoms with van der Waals surface area (Å²) in [7, 11) is 0. The van der Waals surface area contributed by atoms with Gasteiger partial charge in [-0.2, -0.15) is 0 Å². The fourth-order valence-corrected chi connectivity index (χ4v) is 5.11. The molecule has 2 N–H and O–H groups in total. The van der Waals surface area contributed by atoms with E-state index in [0.29, 0.717) is 18.7 Å². The molecule has 184 valence electrons. The lowest BCUT2D eigenvalue weighted by atomic mass is 9.83. The van der Waals surface area contributed by atoms with Crippen LogP contribution in [0.25, 0.3) is 0 Å². The number of carbonyl (C=O) groups is 2. The maximum Gasteiger partial charge on any atom is 0.254 e. The van der Waals surface area contributed by atoms with Crippen LogP contribution < -0.4 is 5.73 Å². The van der Waals surface area contributed by atoms with Gasteiger partial charge in [0.1, 0.15) is 0 Å². The van der Waals surface area contributed by atoms with Gasteiger partial charge in [0.2, 0.25) is 5.91 Å². The molecule has 3 aromatic carbocycles. The number of nitrogens with zero attached hydrogens (tertiary/aromatic N) is 3. The lowest BCUT2D eigenvalue weighted by Gasteiger charge is -2.41. The second-order valence-corrected chi connectivity index (χ2v) is 10.3. The van der Waals surface area contributed by atoms with E-state index in [1.54, 1.807) is 4.90 Å². The minimum Gasteiger partial charge on any atom is -0.369 e. The summed E-state index contributed by atoms with van der Waals surface area (Å²) in [5, 5.41) is 0. The van der Waals surface area contributed by atoms with Crippen LogP contribution in [0.5, 0.6) is 0 Å². The van der Waals surface area contributed by atoms with Gasteiger partial charge < -0.3 is 10.6 Å². The van der Waals surface area contributed by atoms with Crippen molar-refractivity contribution in [1.29, 1.82) is 0 Å². The molecule has 0 fully saturated rings. The molecule has 2 aliphatic heterocycles. The molecular formula is C30H32N4O2. The third-order valence-electron chi connectivity index (χ3n) is 7.59. The Morgan fingerprint density at radius 1 is 0.917 bits per heavy atom. The topological polar surface area (TPSA) is 79.0 Å². The Morgan fingerprint density at radius 3 is 2.14 bits per heavy atom. The predicted molar refractivity (Wildman–Crippen MR) is 141 cm³/mol. The van der Waals surface area contributed by atoms with Gasteiger partial charge in [0.15, 0.2) is 5.96 Å². The number of hydrogen-bond donors (Lipinski definition) is 1. The zero-order valence-corrected chi connectivity index (χ0v) is 21.0. The van der Waals surface area contributed by atoms with Gasteiger partial charge in [-0.15, -0.1) is 0 Å². The van der Waals surface area contributed by atoms with Crippen LogP contribution >= 0.6 is 0 Å². The molecule has 36 heavy (non-hydrogen) atoms. The van der Waals surface area contributed by atoms with Gasteiger partial charge in [-0.25, -0.2) is 4.99 Å². The van der Waals surface area contributed by atoms with Crippen LogP contribution in [0.1, 0.15) is 65.8 Å². The molecule has 0 radical (unpaired) electrons. The Balaban J connectivity index is 1.52. The fourth-order valence-electron chi connectivity index (χ4n) is 5.11. The van der Waals surface area contributed by atoms with Crippen LogP contribution in [0.2, 0.25) is 0 Å². The third-order valence-corrected chi connectivity index (χ3v) is 7.59. The second-order valence-electron chi connectivity index (χ2n) is 10.3. The van der Waals surface area contributed by atoms with E-state index in [2.05, 4.69) is 26.0 Å². The van der Waals surface area contributed by atoms with Gasteiger partial charge >= 0.3 is 0 Å². The van der Waals surface area contributed by atoms with Crippen molar-refractivity contribution < 1.29 is 9.59 Å². The van der Waals surface area contributed by atoms with E-state index >= 15 is 0 Å². The van der Waals surface area contributed by atoms with Crippen LogP contribution in [0.3, 0.4) is 0 Å². The zero-order valence-electron chi connectivity index (χ0n) is 21.0. The molecule has 2 aliphatic rings. The van der Waals surface area contributed by atoms with Crippen molar-refractivity contribution >= 4 is 17.8 Å². The maximum absolute atomic E-state index is 13.6. The first-order chi connectivity index (χ1) is 17.3. The van der Waals surface area contributed by atoms with E-state index in [9.17, 15) is 9.59 Å². The Kier molecular flexibility index (Phi) is 6.12. The van der Waals surface area contributed by atoms with E-state index in [4.69, 9.17) is 10.7 Å². The number of nitrogens with two attached hydrogens (primary N) is 1. The molecule has 5 rings (SSSR count). The van der Waals surface area contributed by atoms with Crippen LogP contribution in [0.4, 0.5) is 0 Å². The van der Waals surface area contributed by atoms with Crippen molar-refractivity contribution in [3.8, 4) is 0 Å². The van der Waals surface area contributed by atoms with Crippen LogP contribution in [-0.4, -0.2) is 33.1 Å². The summed E-state index contributed by atoms with van der Waals surface area (Å²) in [6.45, 7) is 7.28. The largest absolute Gasteiger partial charge is 0.369 e. The molecular weight excluding hydrogens is 448 g/mol. The highest BCUT2D eigenvalue weighted by molar-refractivity contribution is 6.00. The van der Waals surface area contributed by atoms with E-state index in [1.165, 1.54) is 11.1 Å². The molecule has 1 unspecified atom stereocenters. The molecule has 0 bridgehead atoms. The number of rotatable bonds is 5. The molecule has 2 heterocycles. The molecule has 0 aliphatic carbocycles. The summed E-state index contributed by atoms with van der Waals surface area (Å²) in [5.41, 5.74) is 10.6. The second kappa shape index (κ2) is 9.26. The van der Waals surface area contributed by atoms with Gasteiger partial charge in [-0.3, -0.25) is 14.5 Å². The molecule has 6 nitrogen and oxygen atoms in total. The molecule has 0 aromatic heterocycles. The standard InChI is InChI=1S/C30H32N4O2/c1-20(2)30(3)17-26(35)34(29(31)32-30)27(21-10-5-4-6-11-21)22-14-9-15-23(16-22)28(36)33-18-24-12-7-8-13-25(24)19-33/h4-16,20,27H,17-19H2,1-3H3,(H2,31,32)/t27?,30-/m0/s1. The lowest BCUT2D eigenvalue weighted by molar-refractivity contribution is -0.131. The predicted octanol–water partition coefficient (Wildman–Crippen LogP) is 4.89. The van der Waals surface area contributed by atoms with Crippen molar-refractivity contribution in [3.05, 3.63) is 107 Å². The van der Waals surface area contributed by atoms with Crippen LogP contribution in [0, 0.1) is 5.92 Å². The van der Waals surface area contributed by atoms with Gasteiger partial charge in [-0.1, -0.05) is 80.6 Å². The summed E-state index contributed by atoms with van der Waals surface area (Å²) < 4.78 is 0. The van der Waals surface area contributed by atoms with Gasteiger partial charge in [0.05, 0.1) is 18.0 Å². The molecule has 6 heteroatoms. The van der Waals surface area contributed by atoms with Gasteiger partial charge in [0, 0.05) is 18.7 Å². The summed E-state index contributed by atoms with van der Waals surface area (Å²) in [4.78, 5) is 35.3. The number of amides is 2. The minimum atomic E-state index is -0.540. The van der Waals surface area contributed by atoms with E-state index in [0.717, 1.165) is 11.1 Å². The van der Waals surface area contributed by atoms with Crippen molar-refractivity contribution in [2.75, 3.05) is 0 Å². The summed E-state index contributed by atoms with van der Waals surface area (Å²) in [6, 6.07) is 25.0. The van der Waals surface area contributed by atoms with Crippen molar-refractivity contribution in [1.82, 2.24) is 9.80 Å². The highest BCUT2D eigenvalue weighted by Crippen LogP contribution is 2.36. The highest BCUT2D eigenvalue weighted by Gasteiger charge is 2.41. The zero-order chi connectivity index (χ0) is 25.4. The first kappa shape index (κ1) is 23.8. The van der Waals surface area contributed by atoms with Crippen molar-refractivity contribution in [2.45, 2.75) is 51.9 Å². The van der Waals surface area contributed by atoms with Crippen LogP contribution in [0.15, 0.2) is 83.9 Å². The molecule has 0 saturated carbocycles. The quantitative estimate of drug-likeness (QED) is 0.565. The van der Waals surface area contributed by atoms with Crippen molar-refractivity contribution in [3.63, 3.8) is 0 Å². The first-order valence-electron chi connectivity index (χ1n) is 12.4. The normalized spacial score (nSPS) is 20.3. The Labute approximate surface area is 212 Å². The van der Waals surface area contributed by atoms with E-state index < -0.39 is 11.6 Å². The van der Waals surface area contributed by atoms with Gasteiger partial charge in [0.25, 0.3) is 5.91 Å². The number of benzene rings is 3. The average Bonchev–Trinajstić information content (AvgIpc) is 3.30. The Bertz CT molecular complexity index is 1310. The Hall–Kier alpha value is -3.93. The third kappa shape index (κ3) is 4.28. The van der Waals surface area contributed by atoms with E-state index in [-0.39, 0.29) is 30.1 Å². The summed E-state index contributed by atoms with van der Waals surface area (Å²) in [6.07, 6.45) is 0.277. The molecule has 0 saturated heterocycles. The Morgan fingerprint density at radius 2 is 1.53 bits per heavy atom. The van der Waals surface area contributed by atoms with Crippen molar-refractivity contribution in [2.24, 2.45) is 16.6 Å². The number of guanidine groups is 1. The van der Waals surface area contributed by atoms with E-state index in [1.807, 2.05) is 78.6 Å². The highest BCUT2D eigenvalue weighted by atomic mass is 16.2. The number of fused-ring (bicyclic) bond motifs is 1. The SMILES string of the molecule is CC(C)[C@]1(C)CC(=O)N(C(c2ccccc2)c2cccc(C(=O)N3Cc4ccccc4C3)c2)C(N)=N1. The molecule has 2 atom stereocenters. The maximum atomic E-state index is 13.6. The van der Waals surface area contributed by atoms with Crippen LogP contribution in [-0.2, 0) is 17.9 Å². The molecule has 2 amide bonds. The number of hydrogen-bond acceptors (Lipinski definition) is 4. The number of aliphatic imine (C=N–C) groups is 1. The first-order valence-corrected chi connectivity index (χ1v) is 12.4. The minimum absolute atomic E-state index is 0.0288.